The average molecular weight is 399 g/mol. The van der Waals surface area contributed by atoms with Gasteiger partial charge < -0.3 is 0 Å². The fourth-order valence-corrected chi connectivity index (χ4v) is 4.85. The van der Waals surface area contributed by atoms with Gasteiger partial charge in [-0.1, -0.05) is 100 Å². The standard InChI is InChI=1S/C24H30O3S/c1-2-3-4-5-6-7-8-11-19-27-28(25,26)24-16-12-15-22-21-14-10-9-13-20(21)17-18-23(22)24/h9-10,12-18H,2-8,11,19H2,1H3. The van der Waals surface area contributed by atoms with Crippen molar-refractivity contribution in [3.63, 3.8) is 0 Å². The van der Waals surface area contributed by atoms with Crippen LogP contribution in [0.2, 0.25) is 0 Å². The van der Waals surface area contributed by atoms with Gasteiger partial charge in [0, 0.05) is 5.39 Å². The lowest BCUT2D eigenvalue weighted by Gasteiger charge is -2.10. The van der Waals surface area contributed by atoms with E-state index in [9.17, 15) is 8.42 Å². The van der Waals surface area contributed by atoms with Crippen LogP contribution in [0.3, 0.4) is 0 Å². The van der Waals surface area contributed by atoms with E-state index in [0.717, 1.165) is 40.8 Å². The van der Waals surface area contributed by atoms with Crippen LogP contribution in [0.5, 0.6) is 0 Å². The van der Waals surface area contributed by atoms with Gasteiger partial charge in [-0.2, -0.15) is 8.42 Å². The first-order valence-corrected chi connectivity index (χ1v) is 11.8. The number of hydrogen-bond acceptors (Lipinski definition) is 3. The van der Waals surface area contributed by atoms with Gasteiger partial charge in [0.15, 0.2) is 0 Å². The van der Waals surface area contributed by atoms with Gasteiger partial charge in [-0.3, -0.25) is 4.18 Å². The summed E-state index contributed by atoms with van der Waals surface area (Å²) < 4.78 is 30.9. The molecule has 0 saturated carbocycles. The second kappa shape index (κ2) is 10.0. The summed E-state index contributed by atoms with van der Waals surface area (Å²) in [5.74, 6) is 0. The van der Waals surface area contributed by atoms with Crippen LogP contribution in [0.1, 0.15) is 58.3 Å². The van der Waals surface area contributed by atoms with Crippen molar-refractivity contribution in [2.24, 2.45) is 0 Å². The highest BCUT2D eigenvalue weighted by Crippen LogP contribution is 2.30. The maximum absolute atomic E-state index is 12.8. The number of fused-ring (bicyclic) bond motifs is 3. The molecule has 0 aliphatic carbocycles. The second-order valence-electron chi connectivity index (χ2n) is 7.39. The van der Waals surface area contributed by atoms with E-state index in [2.05, 4.69) is 6.92 Å². The average Bonchev–Trinajstić information content (AvgIpc) is 2.72. The molecule has 0 fully saturated rings. The molecule has 0 amide bonds. The minimum atomic E-state index is -3.76. The highest BCUT2D eigenvalue weighted by atomic mass is 32.2. The molecule has 0 radical (unpaired) electrons. The van der Waals surface area contributed by atoms with Crippen molar-refractivity contribution >= 4 is 31.7 Å². The number of benzene rings is 3. The summed E-state index contributed by atoms with van der Waals surface area (Å²) in [7, 11) is -3.76. The third kappa shape index (κ3) is 5.12. The van der Waals surface area contributed by atoms with Crippen molar-refractivity contribution in [2.45, 2.75) is 63.2 Å². The van der Waals surface area contributed by atoms with Crippen molar-refractivity contribution in [1.82, 2.24) is 0 Å². The van der Waals surface area contributed by atoms with Gasteiger partial charge in [-0.15, -0.1) is 0 Å². The summed E-state index contributed by atoms with van der Waals surface area (Å²) in [6, 6.07) is 17.3. The van der Waals surface area contributed by atoms with Crippen molar-refractivity contribution in [3.05, 3.63) is 54.6 Å². The molecular weight excluding hydrogens is 368 g/mol. The molecular formula is C24H30O3S. The summed E-state index contributed by atoms with van der Waals surface area (Å²) in [5, 5.41) is 3.82. The zero-order valence-corrected chi connectivity index (χ0v) is 17.5. The third-order valence-corrected chi connectivity index (χ3v) is 6.62. The molecule has 3 aromatic carbocycles. The van der Waals surface area contributed by atoms with E-state index < -0.39 is 10.1 Å². The molecule has 0 aromatic heterocycles. The zero-order valence-electron chi connectivity index (χ0n) is 16.7. The number of rotatable bonds is 11. The van der Waals surface area contributed by atoms with Crippen LogP contribution in [-0.4, -0.2) is 15.0 Å². The predicted octanol–water partition coefficient (Wildman–Crippen LogP) is 6.84. The molecule has 0 spiro atoms. The topological polar surface area (TPSA) is 43.4 Å². The van der Waals surface area contributed by atoms with Gasteiger partial charge in [0.1, 0.15) is 4.90 Å². The summed E-state index contributed by atoms with van der Waals surface area (Å²) in [4.78, 5) is 0.260. The van der Waals surface area contributed by atoms with Gasteiger partial charge >= 0.3 is 0 Å². The van der Waals surface area contributed by atoms with Crippen LogP contribution in [0.25, 0.3) is 21.5 Å². The largest absolute Gasteiger partial charge is 0.297 e. The third-order valence-electron chi connectivity index (χ3n) is 5.25. The Labute approximate surface area is 168 Å². The Hall–Kier alpha value is -1.91. The Morgan fingerprint density at radius 3 is 2.14 bits per heavy atom. The van der Waals surface area contributed by atoms with E-state index in [-0.39, 0.29) is 11.5 Å². The summed E-state index contributed by atoms with van der Waals surface area (Å²) in [6.07, 6.45) is 9.31. The molecule has 3 rings (SSSR count). The lowest BCUT2D eigenvalue weighted by molar-refractivity contribution is 0.306. The fraction of sp³-hybridized carbons (Fsp3) is 0.417. The maximum Gasteiger partial charge on any atom is 0.297 e. The molecule has 0 aliphatic rings. The van der Waals surface area contributed by atoms with Gasteiger partial charge in [0.05, 0.1) is 6.61 Å². The van der Waals surface area contributed by atoms with E-state index in [1.165, 1.54) is 32.1 Å². The number of unbranched alkanes of at least 4 members (excludes halogenated alkanes) is 7. The highest BCUT2D eigenvalue weighted by Gasteiger charge is 2.18. The Bertz CT molecular complexity index is 1010. The second-order valence-corrected chi connectivity index (χ2v) is 8.97. The normalized spacial score (nSPS) is 12.0. The first-order valence-electron chi connectivity index (χ1n) is 10.4. The van der Waals surface area contributed by atoms with Gasteiger partial charge in [-0.05, 0) is 28.6 Å². The van der Waals surface area contributed by atoms with Crippen LogP contribution in [-0.2, 0) is 14.3 Å². The van der Waals surface area contributed by atoms with Crippen molar-refractivity contribution in [2.75, 3.05) is 6.61 Å². The van der Waals surface area contributed by atoms with Gasteiger partial charge in [0.2, 0.25) is 0 Å². The Morgan fingerprint density at radius 1 is 0.679 bits per heavy atom. The molecule has 3 nitrogen and oxygen atoms in total. The highest BCUT2D eigenvalue weighted by molar-refractivity contribution is 7.87. The van der Waals surface area contributed by atoms with E-state index in [4.69, 9.17) is 4.18 Å². The molecule has 28 heavy (non-hydrogen) atoms. The maximum atomic E-state index is 12.8. The van der Waals surface area contributed by atoms with Gasteiger partial charge in [-0.25, -0.2) is 0 Å². The molecule has 0 aliphatic heterocycles. The first kappa shape index (κ1) is 20.8. The minimum absolute atomic E-state index is 0.251. The first-order chi connectivity index (χ1) is 13.6. The molecule has 3 aromatic rings. The van der Waals surface area contributed by atoms with Crippen molar-refractivity contribution < 1.29 is 12.6 Å². The summed E-state index contributed by atoms with van der Waals surface area (Å²) in [6.45, 7) is 2.47. The predicted molar refractivity (Wildman–Crippen MR) is 117 cm³/mol. The Kier molecular flexibility index (Phi) is 7.46. The quantitative estimate of drug-likeness (QED) is 0.202. The van der Waals surface area contributed by atoms with E-state index in [1.54, 1.807) is 12.1 Å². The minimum Gasteiger partial charge on any atom is -0.266 e. The van der Waals surface area contributed by atoms with Crippen LogP contribution < -0.4 is 0 Å². The fourth-order valence-electron chi connectivity index (χ4n) is 3.70. The molecule has 0 heterocycles. The lowest BCUT2D eigenvalue weighted by atomic mass is 10.0. The molecule has 0 unspecified atom stereocenters. The SMILES string of the molecule is CCCCCCCCCCOS(=O)(=O)c1cccc2c1ccc1ccccc12. The monoisotopic (exact) mass is 398 g/mol. The Balaban J connectivity index is 1.62. The lowest BCUT2D eigenvalue weighted by Crippen LogP contribution is -2.08. The molecule has 4 heteroatoms. The van der Waals surface area contributed by atoms with E-state index in [1.807, 2.05) is 42.5 Å². The Morgan fingerprint density at radius 2 is 1.36 bits per heavy atom. The molecule has 0 N–H and O–H groups in total. The van der Waals surface area contributed by atoms with Crippen molar-refractivity contribution in [3.8, 4) is 0 Å². The summed E-state index contributed by atoms with van der Waals surface area (Å²) >= 11 is 0. The van der Waals surface area contributed by atoms with E-state index >= 15 is 0 Å². The van der Waals surface area contributed by atoms with Crippen LogP contribution in [0, 0.1) is 0 Å². The molecule has 150 valence electrons. The van der Waals surface area contributed by atoms with Gasteiger partial charge in [0.25, 0.3) is 10.1 Å². The molecule has 0 saturated heterocycles. The van der Waals surface area contributed by atoms with Crippen LogP contribution in [0.4, 0.5) is 0 Å². The number of hydrogen-bond donors (Lipinski definition) is 0. The van der Waals surface area contributed by atoms with Crippen LogP contribution in [0.15, 0.2) is 59.5 Å². The van der Waals surface area contributed by atoms with Crippen molar-refractivity contribution in [1.29, 1.82) is 0 Å². The van der Waals surface area contributed by atoms with E-state index in [0.29, 0.717) is 0 Å². The smallest absolute Gasteiger partial charge is 0.266 e. The zero-order chi connectivity index (χ0) is 19.8. The summed E-state index contributed by atoms with van der Waals surface area (Å²) in [5.41, 5.74) is 0. The van der Waals surface area contributed by atoms with Crippen LogP contribution >= 0.6 is 0 Å². The molecule has 0 bridgehead atoms. The molecule has 0 atom stereocenters.